The first kappa shape index (κ1) is 14.9. The van der Waals surface area contributed by atoms with Gasteiger partial charge in [0.2, 0.25) is 0 Å². The topological polar surface area (TPSA) is 92.9 Å². The van der Waals surface area contributed by atoms with E-state index in [2.05, 4.69) is 27.6 Å². The second-order valence-corrected chi connectivity index (χ2v) is 4.80. The Balaban J connectivity index is 2.23. The molecule has 21 heavy (non-hydrogen) atoms. The zero-order chi connectivity index (χ0) is 15.2. The number of nitrogen functional groups attached to an aromatic ring is 1. The van der Waals surface area contributed by atoms with E-state index < -0.39 is 0 Å². The average molecular weight is 285 g/mol. The summed E-state index contributed by atoms with van der Waals surface area (Å²) in [6.45, 7) is 4.00. The molecule has 6 heteroatoms. The van der Waals surface area contributed by atoms with Crippen molar-refractivity contribution in [2.75, 3.05) is 10.7 Å². The number of hydrazine groups is 1. The van der Waals surface area contributed by atoms with E-state index in [4.69, 9.17) is 5.84 Å². The Morgan fingerprint density at radius 2 is 2.10 bits per heavy atom. The molecule has 2 heterocycles. The number of nitrogens with zero attached hydrogens (tertiary/aromatic N) is 2. The van der Waals surface area contributed by atoms with Crippen LogP contribution in [-0.4, -0.2) is 15.9 Å². The highest BCUT2D eigenvalue weighted by molar-refractivity contribution is 6.04. The van der Waals surface area contributed by atoms with Gasteiger partial charge in [-0.2, -0.15) is 0 Å². The molecular formula is C15H19N5O. The molecule has 0 aliphatic heterocycles. The molecule has 0 bridgehead atoms. The molecule has 0 saturated carbocycles. The highest BCUT2D eigenvalue weighted by Crippen LogP contribution is 2.14. The molecule has 0 unspecified atom stereocenters. The fraction of sp³-hybridized carbons (Fsp3) is 0.267. The van der Waals surface area contributed by atoms with Gasteiger partial charge in [-0.15, -0.1) is 0 Å². The van der Waals surface area contributed by atoms with Crippen molar-refractivity contribution in [3.8, 4) is 0 Å². The third-order valence-electron chi connectivity index (χ3n) is 2.95. The third kappa shape index (κ3) is 4.00. The highest BCUT2D eigenvalue weighted by atomic mass is 16.1. The minimum absolute atomic E-state index is 0.232. The first-order valence-corrected chi connectivity index (χ1v) is 6.84. The SMILES string of the molecule is CCCc1cc(C(=O)Nc2cc(C)ccn2)cc(NN)n1. The van der Waals surface area contributed by atoms with Gasteiger partial charge >= 0.3 is 0 Å². The van der Waals surface area contributed by atoms with Crippen LogP contribution in [0.5, 0.6) is 0 Å². The molecule has 0 aromatic carbocycles. The van der Waals surface area contributed by atoms with Crippen LogP contribution in [0.1, 0.15) is 35.0 Å². The van der Waals surface area contributed by atoms with E-state index in [1.807, 2.05) is 19.1 Å². The Hall–Kier alpha value is -2.47. The Morgan fingerprint density at radius 3 is 2.76 bits per heavy atom. The average Bonchev–Trinajstić information content (AvgIpc) is 2.47. The van der Waals surface area contributed by atoms with E-state index in [9.17, 15) is 4.79 Å². The number of pyridine rings is 2. The molecule has 1 amide bonds. The molecule has 0 fully saturated rings. The van der Waals surface area contributed by atoms with Crippen LogP contribution in [0.15, 0.2) is 30.5 Å². The third-order valence-corrected chi connectivity index (χ3v) is 2.95. The van der Waals surface area contributed by atoms with Gasteiger partial charge in [0.1, 0.15) is 11.6 Å². The smallest absolute Gasteiger partial charge is 0.257 e. The van der Waals surface area contributed by atoms with Gasteiger partial charge in [0.25, 0.3) is 5.91 Å². The van der Waals surface area contributed by atoms with E-state index in [-0.39, 0.29) is 5.91 Å². The molecule has 4 N–H and O–H groups in total. The van der Waals surface area contributed by atoms with Gasteiger partial charge in [-0.25, -0.2) is 15.8 Å². The molecule has 6 nitrogen and oxygen atoms in total. The van der Waals surface area contributed by atoms with Crippen LogP contribution in [0, 0.1) is 6.92 Å². The lowest BCUT2D eigenvalue weighted by atomic mass is 10.1. The monoisotopic (exact) mass is 285 g/mol. The molecule has 0 aliphatic carbocycles. The highest BCUT2D eigenvalue weighted by Gasteiger charge is 2.10. The lowest BCUT2D eigenvalue weighted by Gasteiger charge is -2.09. The van der Waals surface area contributed by atoms with Crippen LogP contribution in [-0.2, 0) is 6.42 Å². The van der Waals surface area contributed by atoms with Crippen LogP contribution in [0.2, 0.25) is 0 Å². The van der Waals surface area contributed by atoms with Crippen molar-refractivity contribution in [1.82, 2.24) is 9.97 Å². The molecule has 110 valence electrons. The molecule has 0 spiro atoms. The van der Waals surface area contributed by atoms with Crippen LogP contribution >= 0.6 is 0 Å². The number of aromatic nitrogens is 2. The molecule has 0 radical (unpaired) electrons. The molecule has 0 atom stereocenters. The summed E-state index contributed by atoms with van der Waals surface area (Å²) in [4.78, 5) is 20.7. The minimum atomic E-state index is -0.232. The Morgan fingerprint density at radius 1 is 1.29 bits per heavy atom. The van der Waals surface area contributed by atoms with E-state index in [0.717, 1.165) is 24.1 Å². The first-order valence-electron chi connectivity index (χ1n) is 6.84. The predicted molar refractivity (Wildman–Crippen MR) is 83.0 cm³/mol. The van der Waals surface area contributed by atoms with Gasteiger partial charge in [0.05, 0.1) is 0 Å². The molecule has 2 aromatic heterocycles. The summed E-state index contributed by atoms with van der Waals surface area (Å²) >= 11 is 0. The number of hydrogen-bond acceptors (Lipinski definition) is 5. The van der Waals surface area contributed by atoms with Crippen molar-refractivity contribution in [2.45, 2.75) is 26.7 Å². The summed E-state index contributed by atoms with van der Waals surface area (Å²) in [6.07, 6.45) is 3.40. The lowest BCUT2D eigenvalue weighted by Crippen LogP contribution is -2.16. The minimum Gasteiger partial charge on any atom is -0.308 e. The Bertz CT molecular complexity index is 642. The van der Waals surface area contributed by atoms with Crippen LogP contribution in [0.3, 0.4) is 0 Å². The summed E-state index contributed by atoms with van der Waals surface area (Å²) < 4.78 is 0. The molecular weight excluding hydrogens is 266 g/mol. The summed E-state index contributed by atoms with van der Waals surface area (Å²) in [5.74, 6) is 6.17. The van der Waals surface area contributed by atoms with E-state index in [1.54, 1.807) is 18.3 Å². The summed E-state index contributed by atoms with van der Waals surface area (Å²) in [5, 5.41) is 2.77. The zero-order valence-corrected chi connectivity index (χ0v) is 12.2. The number of aryl methyl sites for hydroxylation is 2. The van der Waals surface area contributed by atoms with Gasteiger partial charge in [-0.1, -0.05) is 13.3 Å². The number of carbonyl (C=O) groups is 1. The molecule has 2 rings (SSSR count). The number of amides is 1. The van der Waals surface area contributed by atoms with Crippen molar-refractivity contribution in [3.05, 3.63) is 47.3 Å². The number of carbonyl (C=O) groups excluding carboxylic acids is 1. The fourth-order valence-electron chi connectivity index (χ4n) is 1.97. The van der Waals surface area contributed by atoms with E-state index in [1.165, 1.54) is 0 Å². The predicted octanol–water partition coefficient (Wildman–Crippen LogP) is 2.28. The maximum atomic E-state index is 12.3. The molecule has 0 aliphatic rings. The van der Waals surface area contributed by atoms with Gasteiger partial charge in [-0.3, -0.25) is 4.79 Å². The van der Waals surface area contributed by atoms with E-state index >= 15 is 0 Å². The second-order valence-electron chi connectivity index (χ2n) is 4.80. The van der Waals surface area contributed by atoms with Crippen LogP contribution in [0.25, 0.3) is 0 Å². The van der Waals surface area contributed by atoms with Crippen molar-refractivity contribution in [1.29, 1.82) is 0 Å². The van der Waals surface area contributed by atoms with Crippen molar-refractivity contribution < 1.29 is 4.79 Å². The largest absolute Gasteiger partial charge is 0.308 e. The second kappa shape index (κ2) is 6.81. The van der Waals surface area contributed by atoms with Gasteiger partial charge in [0.15, 0.2) is 0 Å². The number of rotatable bonds is 5. The summed E-state index contributed by atoms with van der Waals surface area (Å²) in [6, 6.07) is 7.08. The normalized spacial score (nSPS) is 10.2. The maximum Gasteiger partial charge on any atom is 0.257 e. The van der Waals surface area contributed by atoms with Crippen LogP contribution < -0.4 is 16.6 Å². The summed E-state index contributed by atoms with van der Waals surface area (Å²) in [7, 11) is 0. The molecule has 0 saturated heterocycles. The number of nitrogens with two attached hydrogens (primary N) is 1. The molecule has 2 aromatic rings. The Kier molecular flexibility index (Phi) is 4.84. The Labute approximate surface area is 123 Å². The van der Waals surface area contributed by atoms with Crippen molar-refractivity contribution >= 4 is 17.5 Å². The lowest BCUT2D eigenvalue weighted by molar-refractivity contribution is 0.102. The van der Waals surface area contributed by atoms with Gasteiger partial charge in [0, 0.05) is 17.5 Å². The standard InChI is InChI=1S/C15H19N5O/c1-3-4-12-8-11(9-14(18-12)20-16)15(21)19-13-7-10(2)5-6-17-13/h5-9H,3-4,16H2,1-2H3,(H,18,20)(H,17,19,21). The number of anilines is 2. The number of hydrogen-bond donors (Lipinski definition) is 3. The quantitative estimate of drug-likeness (QED) is 0.579. The van der Waals surface area contributed by atoms with Gasteiger partial charge in [-0.05, 0) is 43.2 Å². The van der Waals surface area contributed by atoms with E-state index in [0.29, 0.717) is 17.2 Å². The maximum absolute atomic E-state index is 12.3. The summed E-state index contributed by atoms with van der Waals surface area (Å²) in [5.41, 5.74) is 4.85. The first-order chi connectivity index (χ1) is 10.1. The zero-order valence-electron chi connectivity index (χ0n) is 12.2. The van der Waals surface area contributed by atoms with Crippen LogP contribution in [0.4, 0.5) is 11.6 Å². The number of nitrogens with one attached hydrogen (secondary N) is 2. The van der Waals surface area contributed by atoms with Crippen molar-refractivity contribution in [3.63, 3.8) is 0 Å². The van der Waals surface area contributed by atoms with Gasteiger partial charge < -0.3 is 10.7 Å². The van der Waals surface area contributed by atoms with Crippen molar-refractivity contribution in [2.24, 2.45) is 5.84 Å². The fourth-order valence-corrected chi connectivity index (χ4v) is 1.97.